The van der Waals surface area contributed by atoms with Crippen molar-refractivity contribution in [2.75, 3.05) is 37.0 Å². The molecule has 2 saturated heterocycles. The summed E-state index contributed by atoms with van der Waals surface area (Å²) < 4.78 is 21.9. The van der Waals surface area contributed by atoms with Gasteiger partial charge in [0.2, 0.25) is 0 Å². The van der Waals surface area contributed by atoms with Crippen LogP contribution in [-0.2, 0) is 11.3 Å². The smallest absolute Gasteiger partial charge is 0.322 e. The Bertz CT molecular complexity index is 1460. The molecule has 1 atom stereocenters. The van der Waals surface area contributed by atoms with Gasteiger partial charge in [0.05, 0.1) is 46.7 Å². The van der Waals surface area contributed by atoms with Gasteiger partial charge in [0, 0.05) is 44.9 Å². The number of hydrogen-bond donors (Lipinski definition) is 3. The SMILES string of the molecule is COC1CN(c2nn(CC(C)(C)F)c3cc(-c4[nH]ncc4NC(=O)N4CC[C@](O)(C(C)(C)C)CC45CC5)ncc23)C1. The lowest BCUT2D eigenvalue weighted by Gasteiger charge is -2.50. The summed E-state index contributed by atoms with van der Waals surface area (Å²) in [4.78, 5) is 22.2. The van der Waals surface area contributed by atoms with Crippen LogP contribution >= 0.6 is 0 Å². The fourth-order valence-corrected chi connectivity index (χ4v) is 6.23. The number of aliphatic hydroxyl groups is 1. The number of aromatic nitrogens is 5. The third-order valence-electron chi connectivity index (χ3n) is 9.17. The Morgan fingerprint density at radius 3 is 2.59 bits per heavy atom. The van der Waals surface area contributed by atoms with Crippen molar-refractivity contribution in [3.8, 4) is 11.4 Å². The second-order valence-corrected chi connectivity index (χ2v) is 13.7. The molecule has 2 aliphatic heterocycles. The summed E-state index contributed by atoms with van der Waals surface area (Å²) in [5, 5.41) is 27.2. The molecule has 0 aromatic carbocycles. The van der Waals surface area contributed by atoms with Crippen LogP contribution in [-0.4, -0.2) is 90.7 Å². The summed E-state index contributed by atoms with van der Waals surface area (Å²) >= 11 is 0. The third-order valence-corrected chi connectivity index (χ3v) is 9.17. The van der Waals surface area contributed by atoms with Gasteiger partial charge in [-0.15, -0.1) is 0 Å². The molecule has 0 unspecified atom stereocenters. The van der Waals surface area contributed by atoms with E-state index in [0.29, 0.717) is 49.6 Å². The van der Waals surface area contributed by atoms with Crippen molar-refractivity contribution in [2.45, 2.75) is 89.8 Å². The van der Waals surface area contributed by atoms with E-state index in [2.05, 4.69) is 41.2 Å². The summed E-state index contributed by atoms with van der Waals surface area (Å²) in [6, 6.07) is 1.65. The fourth-order valence-electron chi connectivity index (χ4n) is 6.23. The standard InChI is InChI=1S/C29H41FN8O3/c1-26(2,3)29(40)9-10-37(28(16-29)7-8-28)25(39)33-21-13-32-34-23(21)20-11-22-19(12-31-20)24(36-14-18(15-36)41-6)35-38(22)17-27(4,5)30/h11-13,18,40H,7-10,14-17H2,1-6H3,(H,32,34)(H,33,39)/t29-/m1/s1. The Hall–Kier alpha value is -3.25. The highest BCUT2D eigenvalue weighted by atomic mass is 19.1. The number of nitrogens with one attached hydrogen (secondary N) is 2. The van der Waals surface area contributed by atoms with Gasteiger partial charge in [-0.1, -0.05) is 20.8 Å². The number of rotatable bonds is 6. The number of piperidine rings is 1. The number of aromatic amines is 1. The lowest BCUT2D eigenvalue weighted by Crippen LogP contribution is -2.59. The van der Waals surface area contributed by atoms with Crippen LogP contribution in [0, 0.1) is 5.41 Å². The number of alkyl halides is 1. The molecular formula is C29H41FN8O3. The first-order valence-corrected chi connectivity index (χ1v) is 14.4. The molecule has 222 valence electrons. The molecule has 6 rings (SSSR count). The van der Waals surface area contributed by atoms with Gasteiger partial charge in [0.1, 0.15) is 11.4 Å². The minimum absolute atomic E-state index is 0.0824. The maximum absolute atomic E-state index is 14.8. The Morgan fingerprint density at radius 1 is 1.22 bits per heavy atom. The van der Waals surface area contributed by atoms with E-state index >= 15 is 0 Å². The first kappa shape index (κ1) is 27.9. The molecule has 3 aromatic heterocycles. The second-order valence-electron chi connectivity index (χ2n) is 13.7. The van der Waals surface area contributed by atoms with Crippen LogP contribution in [0.15, 0.2) is 18.5 Å². The minimum Gasteiger partial charge on any atom is -0.389 e. The van der Waals surface area contributed by atoms with E-state index in [-0.39, 0.29) is 29.6 Å². The summed E-state index contributed by atoms with van der Waals surface area (Å²) in [6.45, 7) is 11.2. The Morgan fingerprint density at radius 2 is 1.95 bits per heavy atom. The molecule has 41 heavy (non-hydrogen) atoms. The molecule has 1 aliphatic carbocycles. The lowest BCUT2D eigenvalue weighted by atomic mass is 9.68. The molecule has 3 aromatic rings. The monoisotopic (exact) mass is 568 g/mol. The van der Waals surface area contributed by atoms with E-state index in [1.54, 1.807) is 24.2 Å². The molecule has 0 radical (unpaired) electrons. The van der Waals surface area contributed by atoms with Crippen LogP contribution < -0.4 is 10.2 Å². The number of fused-ring (bicyclic) bond motifs is 1. The van der Waals surface area contributed by atoms with E-state index < -0.39 is 11.3 Å². The van der Waals surface area contributed by atoms with Crippen molar-refractivity contribution in [3.05, 3.63) is 18.5 Å². The van der Waals surface area contributed by atoms with Gasteiger partial charge in [0.25, 0.3) is 0 Å². The molecule has 12 heteroatoms. The first-order chi connectivity index (χ1) is 19.2. The van der Waals surface area contributed by atoms with Crippen molar-refractivity contribution >= 4 is 28.4 Å². The number of hydrogen-bond acceptors (Lipinski definition) is 7. The van der Waals surface area contributed by atoms with Crippen molar-refractivity contribution in [3.63, 3.8) is 0 Å². The van der Waals surface area contributed by atoms with Crippen molar-refractivity contribution in [1.29, 1.82) is 0 Å². The largest absolute Gasteiger partial charge is 0.389 e. The van der Waals surface area contributed by atoms with Crippen LogP contribution in [0.25, 0.3) is 22.3 Å². The second kappa shape index (κ2) is 9.38. The molecule has 2 amide bonds. The topological polar surface area (TPSA) is 124 Å². The average molecular weight is 569 g/mol. The van der Waals surface area contributed by atoms with E-state index in [4.69, 9.17) is 14.8 Å². The van der Waals surface area contributed by atoms with Crippen molar-refractivity contribution < 1.29 is 19.0 Å². The summed E-state index contributed by atoms with van der Waals surface area (Å²) in [5.74, 6) is 0.754. The highest BCUT2D eigenvalue weighted by Crippen LogP contribution is 2.55. The number of likely N-dealkylation sites (tertiary alicyclic amines) is 1. The predicted octanol–water partition coefficient (Wildman–Crippen LogP) is 4.34. The molecule has 3 fully saturated rings. The van der Waals surface area contributed by atoms with E-state index in [0.717, 1.165) is 29.6 Å². The molecule has 1 spiro atoms. The van der Waals surface area contributed by atoms with Crippen LogP contribution in [0.4, 0.5) is 20.7 Å². The minimum atomic E-state index is -1.47. The van der Waals surface area contributed by atoms with Gasteiger partial charge in [-0.25, -0.2) is 9.18 Å². The quantitative estimate of drug-likeness (QED) is 0.404. The molecule has 11 nitrogen and oxygen atoms in total. The highest BCUT2D eigenvalue weighted by Gasteiger charge is 2.60. The number of anilines is 2. The van der Waals surface area contributed by atoms with Crippen molar-refractivity contribution in [2.24, 2.45) is 5.41 Å². The molecule has 3 N–H and O–H groups in total. The van der Waals surface area contributed by atoms with Gasteiger partial charge in [-0.3, -0.25) is 14.8 Å². The summed E-state index contributed by atoms with van der Waals surface area (Å²) in [7, 11) is 1.69. The Labute approximate surface area is 239 Å². The molecule has 3 aliphatic rings. The zero-order valence-corrected chi connectivity index (χ0v) is 24.8. The number of carbonyl (C=O) groups excluding carboxylic acids is 1. The van der Waals surface area contributed by atoms with E-state index in [9.17, 15) is 14.3 Å². The number of amides is 2. The van der Waals surface area contributed by atoms with Crippen LogP contribution in [0.3, 0.4) is 0 Å². The van der Waals surface area contributed by atoms with E-state index in [1.165, 1.54) is 13.8 Å². The first-order valence-electron chi connectivity index (χ1n) is 14.4. The maximum atomic E-state index is 14.8. The number of ether oxygens (including phenoxy) is 1. The van der Waals surface area contributed by atoms with Gasteiger partial charge in [-0.2, -0.15) is 10.2 Å². The Kier molecular flexibility index (Phi) is 6.38. The van der Waals surface area contributed by atoms with Crippen LogP contribution in [0.5, 0.6) is 0 Å². The number of methoxy groups -OCH3 is 1. The molecule has 5 heterocycles. The Balaban J connectivity index is 1.26. The van der Waals surface area contributed by atoms with E-state index in [1.807, 2.05) is 11.0 Å². The average Bonchev–Trinajstić information content (AvgIpc) is 3.29. The number of halogens is 1. The zero-order chi connectivity index (χ0) is 29.4. The van der Waals surface area contributed by atoms with Gasteiger partial charge >= 0.3 is 6.03 Å². The number of nitrogens with zero attached hydrogens (tertiary/aromatic N) is 6. The zero-order valence-electron chi connectivity index (χ0n) is 24.8. The van der Waals surface area contributed by atoms with Gasteiger partial charge in [-0.05, 0) is 44.6 Å². The summed E-state index contributed by atoms with van der Waals surface area (Å²) in [5.41, 5.74) is -0.472. The number of pyridine rings is 1. The van der Waals surface area contributed by atoms with Crippen LogP contribution in [0.1, 0.15) is 60.3 Å². The predicted molar refractivity (Wildman–Crippen MR) is 155 cm³/mol. The summed E-state index contributed by atoms with van der Waals surface area (Å²) in [6.07, 6.45) is 6.34. The number of urea groups is 1. The number of H-pyrrole nitrogens is 1. The highest BCUT2D eigenvalue weighted by molar-refractivity contribution is 5.96. The normalized spacial score (nSPS) is 22.8. The lowest BCUT2D eigenvalue weighted by molar-refractivity contribution is -0.112. The van der Waals surface area contributed by atoms with Crippen LogP contribution in [0.2, 0.25) is 0 Å². The molecular weight excluding hydrogens is 527 g/mol. The third kappa shape index (κ3) is 4.94. The fraction of sp³-hybridized carbons (Fsp3) is 0.655. The van der Waals surface area contributed by atoms with Gasteiger partial charge < -0.3 is 25.0 Å². The number of carbonyl (C=O) groups is 1. The maximum Gasteiger partial charge on any atom is 0.322 e. The van der Waals surface area contributed by atoms with Crippen molar-refractivity contribution in [1.82, 2.24) is 29.9 Å². The molecule has 1 saturated carbocycles. The van der Waals surface area contributed by atoms with Gasteiger partial charge in [0.15, 0.2) is 5.82 Å². The molecule has 0 bridgehead atoms.